The second-order valence-corrected chi connectivity index (χ2v) is 6.10. The minimum atomic E-state index is -0.630. The monoisotopic (exact) mass is 421 g/mol. The van der Waals surface area contributed by atoms with Gasteiger partial charge in [-0.3, -0.25) is 9.59 Å². The molecule has 1 fully saturated rings. The third-order valence-electron chi connectivity index (χ3n) is 3.75. The normalized spacial score (nSPS) is 13.2. The molecule has 2 rings (SSSR count). The summed E-state index contributed by atoms with van der Waals surface area (Å²) < 4.78 is 4.59. The Bertz CT molecular complexity index is 778. The number of ether oxygens (including phenoxy) is 1. The van der Waals surface area contributed by atoms with Crippen LogP contribution in [0.1, 0.15) is 38.7 Å². The van der Waals surface area contributed by atoms with Gasteiger partial charge in [-0.05, 0) is 37.6 Å². The maximum absolute atomic E-state index is 11.6. The summed E-state index contributed by atoms with van der Waals surface area (Å²) in [7, 11) is 0. The Hall–Kier alpha value is -3.63. The van der Waals surface area contributed by atoms with Crippen molar-refractivity contribution in [1.29, 1.82) is 0 Å². The molecule has 11 nitrogen and oxygen atoms in total. The van der Waals surface area contributed by atoms with Crippen LogP contribution < -0.4 is 21.7 Å². The van der Waals surface area contributed by atoms with Crippen LogP contribution in [0.5, 0.6) is 0 Å². The Balaban J connectivity index is 0.000000352. The van der Waals surface area contributed by atoms with Crippen LogP contribution in [0.4, 0.5) is 10.5 Å². The van der Waals surface area contributed by atoms with Gasteiger partial charge in [0.2, 0.25) is 5.91 Å². The fourth-order valence-corrected chi connectivity index (χ4v) is 2.42. The van der Waals surface area contributed by atoms with Gasteiger partial charge in [0.15, 0.2) is 5.84 Å². The van der Waals surface area contributed by atoms with Crippen molar-refractivity contribution in [2.75, 3.05) is 24.6 Å². The summed E-state index contributed by atoms with van der Waals surface area (Å²) >= 11 is 0. The first-order chi connectivity index (χ1) is 14.2. The molecule has 0 radical (unpaired) electrons. The lowest BCUT2D eigenvalue weighted by molar-refractivity contribution is -0.143. The highest BCUT2D eigenvalue weighted by molar-refractivity contribution is 5.99. The molecule has 0 spiro atoms. The molecular formula is C19H27N5O6. The Morgan fingerprint density at radius 2 is 1.87 bits per heavy atom. The smallest absolute Gasteiger partial charge is 0.332 e. The summed E-state index contributed by atoms with van der Waals surface area (Å²) in [6, 6.07) is 6.45. The number of primary amides is 1. The zero-order valence-electron chi connectivity index (χ0n) is 17.1. The molecule has 1 aromatic carbocycles. The predicted molar refractivity (Wildman–Crippen MR) is 109 cm³/mol. The fraction of sp³-hybridized carbons (Fsp3) is 0.421. The van der Waals surface area contributed by atoms with Gasteiger partial charge < -0.3 is 31.3 Å². The molecule has 0 aliphatic carbocycles. The van der Waals surface area contributed by atoms with Crippen LogP contribution in [-0.4, -0.2) is 49.4 Å². The van der Waals surface area contributed by atoms with Crippen LogP contribution in [-0.2, 0) is 24.0 Å². The van der Waals surface area contributed by atoms with Crippen LogP contribution in [0.3, 0.4) is 0 Å². The molecular weight excluding hydrogens is 394 g/mol. The Labute approximate surface area is 174 Å². The molecule has 1 aliphatic heterocycles. The second kappa shape index (κ2) is 12.8. The quantitative estimate of drug-likeness (QED) is 0.190. The third-order valence-corrected chi connectivity index (χ3v) is 3.75. The molecule has 0 atom stereocenters. The van der Waals surface area contributed by atoms with E-state index >= 15 is 0 Å². The van der Waals surface area contributed by atoms with Crippen molar-refractivity contribution < 1.29 is 28.8 Å². The van der Waals surface area contributed by atoms with Crippen LogP contribution in [0.25, 0.3) is 0 Å². The number of amides is 3. The summed E-state index contributed by atoms with van der Waals surface area (Å²) in [6.07, 6.45) is 1.64. The highest BCUT2D eigenvalue weighted by Crippen LogP contribution is 2.21. The van der Waals surface area contributed by atoms with E-state index < -0.39 is 12.0 Å². The fourth-order valence-electron chi connectivity index (χ4n) is 2.42. The van der Waals surface area contributed by atoms with Crippen molar-refractivity contribution in [3.05, 3.63) is 29.8 Å². The first-order valence-electron chi connectivity index (χ1n) is 9.35. The van der Waals surface area contributed by atoms with Crippen molar-refractivity contribution in [2.45, 2.75) is 33.1 Å². The number of urea groups is 1. The van der Waals surface area contributed by atoms with Crippen molar-refractivity contribution in [3.8, 4) is 0 Å². The van der Waals surface area contributed by atoms with Gasteiger partial charge in [0, 0.05) is 37.7 Å². The van der Waals surface area contributed by atoms with Gasteiger partial charge in [-0.2, -0.15) is 0 Å². The summed E-state index contributed by atoms with van der Waals surface area (Å²) in [6.45, 7) is 4.30. The van der Waals surface area contributed by atoms with Crippen LogP contribution in [0, 0.1) is 0 Å². The number of carbonyl (C=O) groups excluding carboxylic acids is 4. The summed E-state index contributed by atoms with van der Waals surface area (Å²) in [4.78, 5) is 49.1. The van der Waals surface area contributed by atoms with E-state index in [0.717, 1.165) is 18.7 Å². The topological polar surface area (TPSA) is 166 Å². The van der Waals surface area contributed by atoms with Crippen LogP contribution >= 0.6 is 0 Å². The van der Waals surface area contributed by atoms with Gasteiger partial charge >= 0.3 is 18.0 Å². The lowest BCUT2D eigenvalue weighted by Gasteiger charge is -2.15. The molecule has 5 N–H and O–H groups in total. The average molecular weight is 421 g/mol. The van der Waals surface area contributed by atoms with E-state index in [-0.39, 0.29) is 30.7 Å². The molecule has 11 heteroatoms. The molecule has 0 aromatic heterocycles. The minimum Gasteiger partial charge on any atom is -0.466 e. The lowest BCUT2D eigenvalue weighted by Crippen LogP contribution is -2.31. The molecule has 30 heavy (non-hydrogen) atoms. The lowest BCUT2D eigenvalue weighted by atomic mass is 10.2. The number of nitrogens with one attached hydrogen (secondary N) is 1. The van der Waals surface area contributed by atoms with Gasteiger partial charge in [-0.25, -0.2) is 9.59 Å². The molecule has 1 saturated heterocycles. The number of esters is 1. The highest BCUT2D eigenvalue weighted by atomic mass is 16.7. The van der Waals surface area contributed by atoms with E-state index in [2.05, 4.69) is 20.0 Å². The highest BCUT2D eigenvalue weighted by Gasteiger charge is 2.21. The van der Waals surface area contributed by atoms with Gasteiger partial charge in [0.25, 0.3) is 0 Å². The van der Waals surface area contributed by atoms with Crippen molar-refractivity contribution in [2.24, 2.45) is 16.6 Å². The van der Waals surface area contributed by atoms with E-state index in [1.807, 2.05) is 0 Å². The number of rotatable bonds is 7. The maximum Gasteiger partial charge on any atom is 0.332 e. The van der Waals surface area contributed by atoms with Gasteiger partial charge in [0.1, 0.15) is 0 Å². The molecule has 164 valence electrons. The standard InChI is InChI=1S/C13H15N3O3.C6H12N2O3/c1-9(17)19-15-13(14)10-4-6-11(7-5-10)16-8-2-3-12(16)18;1-2-11-5(9)3-4-8-6(7)10/h4-7H,2-3,8H2,1H3,(H2,14,15);2-4H2,1H3,(H3,7,8,10). The van der Waals surface area contributed by atoms with Gasteiger partial charge in [-0.15, -0.1) is 0 Å². The molecule has 3 amide bonds. The number of benzene rings is 1. The molecule has 0 unspecified atom stereocenters. The maximum atomic E-state index is 11.6. The number of nitrogens with zero attached hydrogens (tertiary/aromatic N) is 2. The summed E-state index contributed by atoms with van der Waals surface area (Å²) in [5.74, 6) is -0.604. The van der Waals surface area contributed by atoms with E-state index in [1.165, 1.54) is 6.92 Å². The van der Waals surface area contributed by atoms with E-state index in [0.29, 0.717) is 18.6 Å². The summed E-state index contributed by atoms with van der Waals surface area (Å²) in [5.41, 5.74) is 11.9. The minimum absolute atomic E-state index is 0.120. The van der Waals surface area contributed by atoms with Crippen molar-refractivity contribution in [1.82, 2.24) is 5.32 Å². The number of oxime groups is 1. The van der Waals surface area contributed by atoms with Crippen molar-refractivity contribution >= 4 is 35.4 Å². The van der Waals surface area contributed by atoms with E-state index in [4.69, 9.17) is 11.5 Å². The first-order valence-corrected chi connectivity index (χ1v) is 9.35. The van der Waals surface area contributed by atoms with E-state index in [9.17, 15) is 19.2 Å². The summed E-state index contributed by atoms with van der Waals surface area (Å²) in [5, 5.41) is 5.77. The van der Waals surface area contributed by atoms with Crippen LogP contribution in [0.15, 0.2) is 29.4 Å². The average Bonchev–Trinajstić information content (AvgIpc) is 3.12. The third kappa shape index (κ3) is 9.04. The SMILES string of the molecule is CC(=O)O/N=C(\N)c1ccc(N2CCCC2=O)cc1.CCOC(=O)CCNC(N)=O. The van der Waals surface area contributed by atoms with Gasteiger partial charge in [-0.1, -0.05) is 5.16 Å². The number of nitrogens with two attached hydrogens (primary N) is 2. The molecule has 0 bridgehead atoms. The Morgan fingerprint density at radius 1 is 1.20 bits per heavy atom. The number of hydrogen-bond donors (Lipinski definition) is 3. The van der Waals surface area contributed by atoms with E-state index in [1.54, 1.807) is 36.1 Å². The number of anilines is 1. The van der Waals surface area contributed by atoms with Crippen LogP contribution in [0.2, 0.25) is 0 Å². The molecule has 1 aliphatic rings. The molecule has 0 saturated carbocycles. The predicted octanol–water partition coefficient (Wildman–Crippen LogP) is 0.605. The number of hydrogen-bond acceptors (Lipinski definition) is 7. The first kappa shape index (κ1) is 24.4. The molecule has 1 heterocycles. The number of carbonyl (C=O) groups is 4. The number of amidine groups is 1. The largest absolute Gasteiger partial charge is 0.466 e. The second-order valence-electron chi connectivity index (χ2n) is 6.10. The zero-order valence-corrected chi connectivity index (χ0v) is 17.1. The zero-order chi connectivity index (χ0) is 22.5. The Morgan fingerprint density at radius 3 is 2.37 bits per heavy atom. The Kier molecular flexibility index (Phi) is 10.4. The van der Waals surface area contributed by atoms with Crippen molar-refractivity contribution in [3.63, 3.8) is 0 Å². The molecule has 1 aromatic rings. The van der Waals surface area contributed by atoms with Gasteiger partial charge in [0.05, 0.1) is 13.0 Å².